The zero-order valence-electron chi connectivity index (χ0n) is 36.2. The predicted molar refractivity (Wildman–Crippen MR) is 281 cm³/mol. The molecule has 0 radical (unpaired) electrons. The van der Waals surface area contributed by atoms with E-state index in [-0.39, 0.29) is 0 Å². The molecular weight excluding hydrogens is 793 g/mol. The van der Waals surface area contributed by atoms with Gasteiger partial charge < -0.3 is 0 Å². The Morgan fingerprint density at radius 1 is 0.167 bits per heavy atom. The maximum Gasteiger partial charge on any atom is -0.000718 e. The zero-order valence-corrected chi connectivity index (χ0v) is 36.2. The Kier molecular flexibility index (Phi) is 8.96. The largest absolute Gasteiger partial charge is 0.0622 e. The molecule has 0 saturated carbocycles. The maximum absolute atomic E-state index is 2.45. The summed E-state index contributed by atoms with van der Waals surface area (Å²) in [5.74, 6) is 0. The van der Waals surface area contributed by atoms with Crippen LogP contribution in [0.5, 0.6) is 0 Å². The molecule has 0 atom stereocenters. The van der Waals surface area contributed by atoms with Gasteiger partial charge in [0.05, 0.1) is 0 Å². The Labute approximate surface area is 385 Å². The van der Waals surface area contributed by atoms with Crippen molar-refractivity contribution >= 4 is 32.3 Å². The van der Waals surface area contributed by atoms with E-state index in [1.807, 2.05) is 0 Å². The van der Waals surface area contributed by atoms with Crippen LogP contribution in [-0.2, 0) is 0 Å². The molecule has 0 nitrogen and oxygen atoms in total. The smallest absolute Gasteiger partial charge is 0.000718 e. The van der Waals surface area contributed by atoms with Crippen LogP contribution in [0.3, 0.4) is 0 Å². The lowest BCUT2D eigenvalue weighted by molar-refractivity contribution is 1.56. The summed E-state index contributed by atoms with van der Waals surface area (Å²) in [4.78, 5) is 0. The third kappa shape index (κ3) is 6.15. The summed E-state index contributed by atoms with van der Waals surface area (Å²) >= 11 is 0. The van der Waals surface area contributed by atoms with Crippen molar-refractivity contribution in [1.82, 2.24) is 0 Å². The van der Waals surface area contributed by atoms with Gasteiger partial charge in [-0.05, 0) is 151 Å². The van der Waals surface area contributed by atoms with Crippen molar-refractivity contribution in [1.29, 1.82) is 0 Å². The van der Waals surface area contributed by atoms with Crippen LogP contribution in [-0.4, -0.2) is 0 Å². The Morgan fingerprint density at radius 2 is 0.576 bits per heavy atom. The molecule has 0 fully saturated rings. The standard InChI is InChI=1S/C66H42/c1-5-18-43(19-6-1)49-34-36-52(46-23-9-3-10-24-46)60(41-49)63-56-28-15-16-29-57(56)64(61-42-50(44-20-7-2-8-21-44)35-37-53(61)47-25-11-4-12-26-47)66-59-39-38-54(55-30-17-31-58(62(55)59)65(63)66)51-33-32-45-22-13-14-27-48(45)40-51/h1-42H. The Hall–Kier alpha value is -8.58. The topological polar surface area (TPSA) is 0 Å². The van der Waals surface area contributed by atoms with E-state index in [0.29, 0.717) is 0 Å². The number of benzene rings is 12. The van der Waals surface area contributed by atoms with Crippen molar-refractivity contribution in [3.05, 3.63) is 255 Å². The van der Waals surface area contributed by atoms with Gasteiger partial charge in [0, 0.05) is 0 Å². The van der Waals surface area contributed by atoms with Gasteiger partial charge in [0.25, 0.3) is 0 Å². The SMILES string of the molecule is c1ccc(-c2ccc(-c3ccccc3)c(-c3c4c(c(-c5cc(-c6ccccc6)ccc5-c5ccccc5)c5ccccc35)-c3ccc(-c5ccc6ccccc6c5)c5cccc-4c35)c2)cc1. The monoisotopic (exact) mass is 834 g/mol. The molecule has 0 heteroatoms. The highest BCUT2D eigenvalue weighted by Crippen LogP contribution is 2.60. The highest BCUT2D eigenvalue weighted by Gasteiger charge is 2.33. The molecule has 0 bridgehead atoms. The van der Waals surface area contributed by atoms with Crippen LogP contribution in [0.15, 0.2) is 255 Å². The fraction of sp³-hybridized carbons (Fsp3) is 0. The molecule has 0 saturated heterocycles. The van der Waals surface area contributed by atoms with Crippen LogP contribution in [0.25, 0.3) is 132 Å². The zero-order chi connectivity index (χ0) is 43.6. The van der Waals surface area contributed by atoms with Crippen molar-refractivity contribution in [2.45, 2.75) is 0 Å². The van der Waals surface area contributed by atoms with E-state index in [2.05, 4.69) is 255 Å². The third-order valence-electron chi connectivity index (χ3n) is 13.8. The summed E-state index contributed by atoms with van der Waals surface area (Å²) in [6, 6.07) is 94.3. The molecule has 0 aliphatic heterocycles. The molecule has 0 spiro atoms. The van der Waals surface area contributed by atoms with Crippen molar-refractivity contribution in [3.63, 3.8) is 0 Å². The molecule has 13 rings (SSSR count). The lowest BCUT2D eigenvalue weighted by Gasteiger charge is -2.24. The second-order valence-electron chi connectivity index (χ2n) is 17.5. The van der Waals surface area contributed by atoms with Crippen LogP contribution in [0, 0.1) is 0 Å². The minimum atomic E-state index is 1.20. The van der Waals surface area contributed by atoms with Gasteiger partial charge in [-0.15, -0.1) is 0 Å². The van der Waals surface area contributed by atoms with Crippen molar-refractivity contribution in [2.24, 2.45) is 0 Å². The molecule has 1 aliphatic rings. The molecule has 0 aromatic heterocycles. The van der Waals surface area contributed by atoms with E-state index < -0.39 is 0 Å². The molecular formula is C66H42. The fourth-order valence-electron chi connectivity index (χ4n) is 10.8. The lowest BCUT2D eigenvalue weighted by atomic mass is 9.78. The summed E-state index contributed by atoms with van der Waals surface area (Å²) in [5.41, 5.74) is 22.2. The molecule has 66 heavy (non-hydrogen) atoms. The number of fused-ring (bicyclic) bond motifs is 5. The van der Waals surface area contributed by atoms with E-state index >= 15 is 0 Å². The normalized spacial score (nSPS) is 11.6. The first-order valence-corrected chi connectivity index (χ1v) is 22.9. The van der Waals surface area contributed by atoms with Crippen molar-refractivity contribution < 1.29 is 0 Å². The van der Waals surface area contributed by atoms with E-state index in [9.17, 15) is 0 Å². The average Bonchev–Trinajstić information content (AvgIpc) is 3.73. The van der Waals surface area contributed by atoms with Gasteiger partial charge in [0.2, 0.25) is 0 Å². The molecule has 306 valence electrons. The molecule has 12 aromatic rings. The second kappa shape index (κ2) is 15.6. The van der Waals surface area contributed by atoms with Crippen LogP contribution >= 0.6 is 0 Å². The molecule has 1 aliphatic carbocycles. The number of hydrogen-bond donors (Lipinski definition) is 0. The first-order valence-electron chi connectivity index (χ1n) is 22.9. The van der Waals surface area contributed by atoms with Gasteiger partial charge in [-0.3, -0.25) is 0 Å². The second-order valence-corrected chi connectivity index (χ2v) is 17.5. The summed E-state index contributed by atoms with van der Waals surface area (Å²) < 4.78 is 0. The van der Waals surface area contributed by atoms with Gasteiger partial charge in [-0.2, -0.15) is 0 Å². The number of hydrogen-bond acceptors (Lipinski definition) is 0. The summed E-state index contributed by atoms with van der Waals surface area (Å²) in [6.45, 7) is 0. The van der Waals surface area contributed by atoms with Gasteiger partial charge in [0.1, 0.15) is 0 Å². The summed E-state index contributed by atoms with van der Waals surface area (Å²) in [6.07, 6.45) is 0. The van der Waals surface area contributed by atoms with Crippen molar-refractivity contribution in [3.8, 4) is 100 Å². The summed E-state index contributed by atoms with van der Waals surface area (Å²) in [5, 5.41) is 7.53. The highest BCUT2D eigenvalue weighted by atomic mass is 14.4. The maximum atomic E-state index is 2.45. The molecule has 12 aromatic carbocycles. The minimum absolute atomic E-state index is 1.20. The summed E-state index contributed by atoms with van der Waals surface area (Å²) in [7, 11) is 0. The third-order valence-corrected chi connectivity index (χ3v) is 13.8. The molecule has 0 heterocycles. The Bertz CT molecular complexity index is 3650. The van der Waals surface area contributed by atoms with Gasteiger partial charge in [-0.1, -0.05) is 237 Å². The molecule has 0 amide bonds. The van der Waals surface area contributed by atoms with E-state index in [4.69, 9.17) is 0 Å². The minimum Gasteiger partial charge on any atom is -0.0622 e. The van der Waals surface area contributed by atoms with Crippen LogP contribution < -0.4 is 0 Å². The van der Waals surface area contributed by atoms with Gasteiger partial charge in [-0.25, -0.2) is 0 Å². The van der Waals surface area contributed by atoms with Gasteiger partial charge in [0.15, 0.2) is 0 Å². The van der Waals surface area contributed by atoms with E-state index in [0.717, 1.165) is 0 Å². The predicted octanol–water partition coefficient (Wildman–Crippen LogP) is 18.5. The van der Waals surface area contributed by atoms with Crippen LogP contribution in [0.1, 0.15) is 0 Å². The Balaban J connectivity index is 1.20. The first kappa shape index (κ1) is 37.9. The fourth-order valence-corrected chi connectivity index (χ4v) is 10.8. The van der Waals surface area contributed by atoms with Crippen molar-refractivity contribution in [2.75, 3.05) is 0 Å². The first-order chi connectivity index (χ1) is 32.8. The van der Waals surface area contributed by atoms with Crippen LogP contribution in [0.4, 0.5) is 0 Å². The number of rotatable bonds is 7. The Morgan fingerprint density at radius 3 is 1.12 bits per heavy atom. The highest BCUT2D eigenvalue weighted by molar-refractivity contribution is 6.30. The van der Waals surface area contributed by atoms with Crippen LogP contribution in [0.2, 0.25) is 0 Å². The van der Waals surface area contributed by atoms with E-state index in [1.54, 1.807) is 0 Å². The molecule has 0 N–H and O–H groups in total. The lowest BCUT2D eigenvalue weighted by Crippen LogP contribution is -1.97. The van der Waals surface area contributed by atoms with Gasteiger partial charge >= 0.3 is 0 Å². The molecule has 0 unspecified atom stereocenters. The van der Waals surface area contributed by atoms with E-state index in [1.165, 1.54) is 132 Å². The quantitative estimate of drug-likeness (QED) is 0.150. The average molecular weight is 835 g/mol.